The minimum absolute atomic E-state index is 0.0921. The molecule has 212 valence electrons. The van der Waals surface area contributed by atoms with E-state index < -0.39 is 5.54 Å². The van der Waals surface area contributed by atoms with Gasteiger partial charge in [0.2, 0.25) is 5.91 Å². The van der Waals surface area contributed by atoms with Gasteiger partial charge in [-0.3, -0.25) is 4.79 Å². The number of fused-ring (bicyclic) bond motifs is 2. The molecule has 4 heterocycles. The summed E-state index contributed by atoms with van der Waals surface area (Å²) in [5.74, 6) is 0.492. The van der Waals surface area contributed by atoms with Crippen LogP contribution in [0.2, 0.25) is 0 Å². The Morgan fingerprint density at radius 3 is 2.54 bits per heavy atom. The van der Waals surface area contributed by atoms with Crippen LogP contribution >= 0.6 is 0 Å². The number of anilines is 3. The van der Waals surface area contributed by atoms with Crippen LogP contribution in [0.15, 0.2) is 47.1 Å². The Balaban J connectivity index is 1.25. The number of aryl methyl sites for hydroxylation is 2. The molecule has 1 aliphatic heterocycles. The minimum Gasteiger partial charge on any atom is -0.423 e. The van der Waals surface area contributed by atoms with Crippen molar-refractivity contribution in [2.24, 2.45) is 0 Å². The molecule has 5 aromatic rings. The van der Waals surface area contributed by atoms with Gasteiger partial charge in [0.1, 0.15) is 23.4 Å². The van der Waals surface area contributed by atoms with E-state index in [0.717, 1.165) is 57.4 Å². The zero-order chi connectivity index (χ0) is 28.9. The van der Waals surface area contributed by atoms with Gasteiger partial charge in [-0.15, -0.1) is 0 Å². The number of nitrogens with two attached hydrogens (primary N) is 1. The van der Waals surface area contributed by atoms with E-state index in [2.05, 4.69) is 31.7 Å². The van der Waals surface area contributed by atoms with Gasteiger partial charge in [-0.05, 0) is 76.9 Å². The normalized spacial score (nSPS) is 14.7. The lowest BCUT2D eigenvalue weighted by Gasteiger charge is -2.37. The minimum atomic E-state index is -0.598. The second kappa shape index (κ2) is 10.2. The highest BCUT2D eigenvalue weighted by Gasteiger charge is 2.34. The summed E-state index contributed by atoms with van der Waals surface area (Å²) in [6.07, 6.45) is 3.03. The fourth-order valence-corrected chi connectivity index (χ4v) is 5.53. The van der Waals surface area contributed by atoms with Gasteiger partial charge >= 0.3 is 0 Å². The Kier molecular flexibility index (Phi) is 6.61. The monoisotopic (exact) mass is 553 g/mol. The Morgan fingerprint density at radius 1 is 1.10 bits per heavy atom. The number of hydrogen-bond donors (Lipinski definition) is 3. The van der Waals surface area contributed by atoms with Gasteiger partial charge in [-0.1, -0.05) is 18.2 Å². The van der Waals surface area contributed by atoms with E-state index in [1.807, 2.05) is 74.7 Å². The lowest BCUT2D eigenvalue weighted by Crippen LogP contribution is -2.54. The summed E-state index contributed by atoms with van der Waals surface area (Å²) < 4.78 is 7.93. The van der Waals surface area contributed by atoms with Gasteiger partial charge in [-0.25, -0.2) is 14.6 Å². The van der Waals surface area contributed by atoms with Crippen molar-refractivity contribution < 1.29 is 9.21 Å². The number of likely N-dealkylation sites (N-methyl/N-ethyl adjacent to an activating group) is 1. The van der Waals surface area contributed by atoms with Crippen LogP contribution in [0.3, 0.4) is 0 Å². The molecule has 0 aliphatic carbocycles. The van der Waals surface area contributed by atoms with Gasteiger partial charge in [0.25, 0.3) is 6.01 Å². The molecule has 0 unspecified atom stereocenters. The topological polar surface area (TPSA) is 140 Å². The number of nitrogens with one attached hydrogen (secondary N) is 2. The predicted molar refractivity (Wildman–Crippen MR) is 160 cm³/mol. The van der Waals surface area contributed by atoms with E-state index in [1.165, 1.54) is 6.33 Å². The fourth-order valence-electron chi connectivity index (χ4n) is 5.53. The highest BCUT2D eigenvalue weighted by molar-refractivity contribution is 5.98. The molecule has 1 fully saturated rings. The Morgan fingerprint density at radius 2 is 1.83 bits per heavy atom. The third-order valence-corrected chi connectivity index (χ3v) is 8.01. The van der Waals surface area contributed by atoms with Crippen LogP contribution in [0.4, 0.5) is 17.5 Å². The van der Waals surface area contributed by atoms with Crippen LogP contribution < -0.4 is 16.4 Å². The van der Waals surface area contributed by atoms with Crippen molar-refractivity contribution in [1.82, 2.24) is 34.9 Å². The number of oxazole rings is 1. The maximum absolute atomic E-state index is 12.9. The molecule has 2 aromatic carbocycles. The molecule has 0 saturated carbocycles. The standard InChI is InChI=1S/C30H35N9O2/c1-17-14-18(2)25-22(15-17)36-29(41-25)35-20-8-6-19(7-9-20)24-23-26(31)33-16-34-27(23)39(37-24)21-10-12-38(13-11-21)28(40)30(3,4)32-5/h6-9,14-16,21,32H,10-13H2,1-5H3,(H,35,36)(H2,31,33,34). The summed E-state index contributed by atoms with van der Waals surface area (Å²) in [7, 11) is 1.81. The maximum atomic E-state index is 12.9. The number of carbonyl (C=O) groups is 1. The highest BCUT2D eigenvalue weighted by Crippen LogP contribution is 2.35. The summed E-state index contributed by atoms with van der Waals surface area (Å²) in [6, 6.07) is 12.5. The number of aromatic nitrogens is 5. The van der Waals surface area contributed by atoms with Gasteiger partial charge in [0.05, 0.1) is 17.0 Å². The largest absolute Gasteiger partial charge is 0.423 e. The number of likely N-dealkylation sites (tertiary alicyclic amines) is 1. The van der Waals surface area contributed by atoms with Crippen LogP contribution in [0, 0.1) is 13.8 Å². The van der Waals surface area contributed by atoms with Crippen molar-refractivity contribution in [3.63, 3.8) is 0 Å². The molecule has 3 aromatic heterocycles. The van der Waals surface area contributed by atoms with Crippen LogP contribution in [0.25, 0.3) is 33.4 Å². The van der Waals surface area contributed by atoms with E-state index in [0.29, 0.717) is 30.6 Å². The van der Waals surface area contributed by atoms with Gasteiger partial charge in [0.15, 0.2) is 11.2 Å². The first-order valence-electron chi connectivity index (χ1n) is 13.9. The second-order valence-corrected chi connectivity index (χ2v) is 11.3. The maximum Gasteiger partial charge on any atom is 0.300 e. The quantitative estimate of drug-likeness (QED) is 0.272. The molecule has 6 rings (SSSR count). The summed E-state index contributed by atoms with van der Waals surface area (Å²) >= 11 is 0. The van der Waals surface area contributed by atoms with E-state index >= 15 is 0 Å². The van der Waals surface area contributed by atoms with Crippen LogP contribution in [-0.2, 0) is 4.79 Å². The first-order valence-corrected chi connectivity index (χ1v) is 13.9. The molecule has 1 saturated heterocycles. The van der Waals surface area contributed by atoms with Crippen molar-refractivity contribution in [3.8, 4) is 11.3 Å². The molecule has 11 heteroatoms. The molecule has 41 heavy (non-hydrogen) atoms. The summed E-state index contributed by atoms with van der Waals surface area (Å²) in [5.41, 5.74) is 12.7. The van der Waals surface area contributed by atoms with E-state index in [4.69, 9.17) is 15.2 Å². The molecule has 0 radical (unpaired) electrons. The zero-order valence-electron chi connectivity index (χ0n) is 24.0. The van der Waals surface area contributed by atoms with Crippen LogP contribution in [0.5, 0.6) is 0 Å². The number of nitrogens with zero attached hydrogens (tertiary/aromatic N) is 6. The number of piperidine rings is 1. The Hall–Kier alpha value is -4.51. The summed E-state index contributed by atoms with van der Waals surface area (Å²) in [4.78, 5) is 28.3. The first-order chi connectivity index (χ1) is 19.6. The summed E-state index contributed by atoms with van der Waals surface area (Å²) in [5, 5.41) is 12.1. The number of carbonyl (C=O) groups excluding carboxylic acids is 1. The number of amides is 1. The fraction of sp³-hybridized carbons (Fsp3) is 0.367. The highest BCUT2D eigenvalue weighted by atomic mass is 16.4. The van der Waals surface area contributed by atoms with Crippen LogP contribution in [0.1, 0.15) is 43.9 Å². The van der Waals surface area contributed by atoms with Crippen molar-refractivity contribution in [1.29, 1.82) is 0 Å². The number of rotatable bonds is 6. The lowest BCUT2D eigenvalue weighted by molar-refractivity contribution is -0.138. The molecule has 0 spiro atoms. The predicted octanol–water partition coefficient (Wildman–Crippen LogP) is 4.74. The Bertz CT molecular complexity index is 1750. The molecule has 4 N–H and O–H groups in total. The molecule has 1 aliphatic rings. The third-order valence-electron chi connectivity index (χ3n) is 8.01. The smallest absolute Gasteiger partial charge is 0.300 e. The van der Waals surface area contributed by atoms with E-state index in [9.17, 15) is 4.79 Å². The average Bonchev–Trinajstić information content (AvgIpc) is 3.55. The number of hydrogen-bond acceptors (Lipinski definition) is 9. The van der Waals surface area contributed by atoms with Crippen LogP contribution in [-0.4, -0.2) is 61.2 Å². The molecule has 0 bridgehead atoms. The van der Waals surface area contributed by atoms with Crippen molar-refractivity contribution in [2.75, 3.05) is 31.2 Å². The summed E-state index contributed by atoms with van der Waals surface area (Å²) in [6.45, 7) is 9.19. The van der Waals surface area contributed by atoms with E-state index in [1.54, 1.807) is 0 Å². The zero-order valence-corrected chi connectivity index (χ0v) is 24.0. The average molecular weight is 554 g/mol. The molecule has 11 nitrogen and oxygen atoms in total. The van der Waals surface area contributed by atoms with Gasteiger partial charge in [-0.2, -0.15) is 10.1 Å². The molecular formula is C30H35N9O2. The SMILES string of the molecule is CNC(C)(C)C(=O)N1CCC(n2nc(-c3ccc(Nc4nc5cc(C)cc(C)c5o4)cc3)c3c(N)ncnc32)CC1. The van der Waals surface area contributed by atoms with Gasteiger partial charge < -0.3 is 25.7 Å². The third kappa shape index (κ3) is 4.86. The first kappa shape index (κ1) is 26.7. The molecular weight excluding hydrogens is 518 g/mol. The molecule has 0 atom stereocenters. The number of benzene rings is 2. The van der Waals surface area contributed by atoms with Crippen molar-refractivity contribution in [3.05, 3.63) is 53.9 Å². The van der Waals surface area contributed by atoms with E-state index in [-0.39, 0.29) is 11.9 Å². The van der Waals surface area contributed by atoms with Crippen molar-refractivity contribution >= 4 is 45.6 Å². The molecule has 1 amide bonds. The number of nitrogen functional groups attached to an aromatic ring is 1. The van der Waals surface area contributed by atoms with Crippen molar-refractivity contribution in [2.45, 2.75) is 52.1 Å². The van der Waals surface area contributed by atoms with Gasteiger partial charge in [0, 0.05) is 24.3 Å². The lowest BCUT2D eigenvalue weighted by atomic mass is 9.99. The Labute approximate surface area is 238 Å². The second-order valence-electron chi connectivity index (χ2n) is 11.3.